The summed E-state index contributed by atoms with van der Waals surface area (Å²) in [6.45, 7) is 1.17. The Hall–Kier alpha value is -2.35. The van der Waals surface area contributed by atoms with Crippen LogP contribution in [0.3, 0.4) is 0 Å². The van der Waals surface area contributed by atoms with Crippen LogP contribution in [-0.4, -0.2) is 38.9 Å². The fourth-order valence-corrected chi connectivity index (χ4v) is 9.67. The summed E-state index contributed by atoms with van der Waals surface area (Å²) in [4.78, 5) is 28.7. The average Bonchev–Trinajstić information content (AvgIpc) is 3.54. The number of nitrogens with zero attached hydrogens (tertiary/aromatic N) is 4. The van der Waals surface area contributed by atoms with Gasteiger partial charge in [-0.2, -0.15) is 0 Å². The Morgan fingerprint density at radius 2 is 1.68 bits per heavy atom. The Morgan fingerprint density at radius 1 is 0.974 bits per heavy atom. The smallest absolute Gasteiger partial charge is 0.237 e. The largest absolute Gasteiger partial charge is 0.348 e. The van der Waals surface area contributed by atoms with E-state index in [1.54, 1.807) is 0 Å². The van der Waals surface area contributed by atoms with Crippen molar-refractivity contribution in [2.24, 2.45) is 23.2 Å². The van der Waals surface area contributed by atoms with Gasteiger partial charge in [0.25, 0.3) is 0 Å². The molecule has 1 N–H and O–H groups in total. The van der Waals surface area contributed by atoms with Gasteiger partial charge < -0.3 is 14.8 Å². The number of fused-ring (bicyclic) bond motifs is 1. The maximum absolute atomic E-state index is 13.6. The number of para-hydroxylation sites is 1. The van der Waals surface area contributed by atoms with E-state index < -0.39 is 0 Å². The lowest BCUT2D eigenvalue weighted by atomic mass is 9.49. The Morgan fingerprint density at radius 3 is 2.42 bits per heavy atom. The number of aromatic nitrogens is 3. The fourth-order valence-electron chi connectivity index (χ4n) is 8.77. The zero-order chi connectivity index (χ0) is 25.7. The first-order chi connectivity index (χ1) is 18.6. The maximum Gasteiger partial charge on any atom is 0.237 e. The van der Waals surface area contributed by atoms with Gasteiger partial charge in [0.2, 0.25) is 11.8 Å². The number of carbonyl (C=O) groups is 2. The van der Waals surface area contributed by atoms with Crippen LogP contribution in [0.15, 0.2) is 29.4 Å². The van der Waals surface area contributed by atoms with E-state index in [1.807, 2.05) is 23.1 Å². The number of nitrogens with one attached hydrogen (secondary N) is 1. The molecule has 0 spiro atoms. The van der Waals surface area contributed by atoms with Gasteiger partial charge in [-0.05, 0) is 87.2 Å². The van der Waals surface area contributed by atoms with Crippen molar-refractivity contribution < 1.29 is 9.59 Å². The quantitative estimate of drug-likeness (QED) is 0.489. The molecule has 2 heterocycles. The number of thioether (sulfide) groups is 1. The predicted molar refractivity (Wildman–Crippen MR) is 148 cm³/mol. The summed E-state index contributed by atoms with van der Waals surface area (Å²) in [7, 11) is 0. The molecule has 1 aromatic heterocycles. The molecule has 6 aliphatic rings. The van der Waals surface area contributed by atoms with E-state index >= 15 is 0 Å². The molecule has 5 fully saturated rings. The van der Waals surface area contributed by atoms with Gasteiger partial charge in [0.05, 0.1) is 12.3 Å². The molecule has 2 aromatic rings. The Kier molecular flexibility index (Phi) is 6.49. The number of rotatable bonds is 7. The van der Waals surface area contributed by atoms with E-state index in [1.165, 1.54) is 55.9 Å². The lowest BCUT2D eigenvalue weighted by molar-refractivity contribution is -0.146. The summed E-state index contributed by atoms with van der Waals surface area (Å²) >= 11 is 1.50. The van der Waals surface area contributed by atoms with Gasteiger partial charge in [-0.3, -0.25) is 9.59 Å². The van der Waals surface area contributed by atoms with Crippen molar-refractivity contribution in [2.75, 3.05) is 17.2 Å². The molecule has 5 aliphatic carbocycles. The summed E-state index contributed by atoms with van der Waals surface area (Å²) in [6.07, 6.45) is 14.0. The van der Waals surface area contributed by atoms with Crippen molar-refractivity contribution in [2.45, 2.75) is 94.8 Å². The average molecular weight is 534 g/mol. The second-order valence-corrected chi connectivity index (χ2v) is 13.6. The predicted octanol–water partition coefficient (Wildman–Crippen LogP) is 5.30. The van der Waals surface area contributed by atoms with Gasteiger partial charge in [-0.15, -0.1) is 10.2 Å². The number of amides is 2. The summed E-state index contributed by atoms with van der Waals surface area (Å²) in [5.41, 5.74) is 2.13. The van der Waals surface area contributed by atoms with E-state index in [-0.39, 0.29) is 17.2 Å². The highest BCUT2D eigenvalue weighted by Gasteiger charge is 2.54. The molecule has 8 heteroatoms. The van der Waals surface area contributed by atoms with Gasteiger partial charge in [-0.1, -0.05) is 49.2 Å². The minimum atomic E-state index is -0.152. The molecule has 7 nitrogen and oxygen atoms in total. The lowest BCUT2D eigenvalue weighted by Gasteiger charge is -2.55. The Bertz CT molecular complexity index is 1180. The first-order valence-electron chi connectivity index (χ1n) is 14.8. The molecular weight excluding hydrogens is 494 g/mol. The highest BCUT2D eigenvalue weighted by molar-refractivity contribution is 7.99. The molecule has 202 valence electrons. The fraction of sp³-hybridized carbons (Fsp3) is 0.667. The lowest BCUT2D eigenvalue weighted by Crippen LogP contribution is -2.53. The zero-order valence-electron chi connectivity index (χ0n) is 22.2. The van der Waals surface area contributed by atoms with E-state index in [9.17, 15) is 9.59 Å². The molecule has 8 rings (SSSR count). The molecule has 2 amide bonds. The van der Waals surface area contributed by atoms with Crippen molar-refractivity contribution in [1.29, 1.82) is 0 Å². The molecule has 4 bridgehead atoms. The second kappa shape index (κ2) is 10.00. The van der Waals surface area contributed by atoms with Crippen LogP contribution in [-0.2, 0) is 22.6 Å². The van der Waals surface area contributed by atoms with Crippen LogP contribution in [0.5, 0.6) is 0 Å². The number of benzene rings is 1. The zero-order valence-corrected chi connectivity index (χ0v) is 23.1. The van der Waals surface area contributed by atoms with Crippen molar-refractivity contribution >= 4 is 29.3 Å². The molecule has 0 atom stereocenters. The molecule has 5 saturated carbocycles. The normalized spacial score (nSPS) is 30.0. The number of anilines is 1. The van der Waals surface area contributed by atoms with Crippen LogP contribution < -0.4 is 10.2 Å². The van der Waals surface area contributed by atoms with Gasteiger partial charge >= 0.3 is 0 Å². The first kappa shape index (κ1) is 24.7. The van der Waals surface area contributed by atoms with Gasteiger partial charge in [0, 0.05) is 23.7 Å². The van der Waals surface area contributed by atoms with Crippen LogP contribution in [0.4, 0.5) is 5.69 Å². The summed E-state index contributed by atoms with van der Waals surface area (Å²) < 4.78 is 2.26. The SMILES string of the molecule is O=C(CSc1nnc(CNC(=O)C23CC4CC(CC(C4)C2)C3)n1C1CCCCC1)N1CCc2ccccc21. The van der Waals surface area contributed by atoms with Crippen molar-refractivity contribution in [3.05, 3.63) is 35.7 Å². The molecule has 0 radical (unpaired) electrons. The van der Waals surface area contributed by atoms with Crippen molar-refractivity contribution in [1.82, 2.24) is 20.1 Å². The molecule has 38 heavy (non-hydrogen) atoms. The third kappa shape index (κ3) is 4.46. The number of hydrogen-bond donors (Lipinski definition) is 1. The van der Waals surface area contributed by atoms with Crippen LogP contribution in [0, 0.1) is 23.2 Å². The standard InChI is InChI=1S/C30H39N5O2S/c36-27(34-11-10-23-6-4-5-9-25(23)34)19-38-29-33-32-26(35(29)24-7-2-1-3-8-24)18-31-28(37)30-15-20-12-21(16-30)14-22(13-20)17-30/h4-6,9,20-22,24H,1-3,7-8,10-19H2,(H,31,37). The van der Waals surface area contributed by atoms with E-state index in [0.717, 1.165) is 79.5 Å². The van der Waals surface area contributed by atoms with E-state index in [0.29, 0.717) is 18.3 Å². The molecule has 0 unspecified atom stereocenters. The van der Waals surface area contributed by atoms with Crippen LogP contribution in [0.1, 0.15) is 88.1 Å². The van der Waals surface area contributed by atoms with Gasteiger partial charge in [-0.25, -0.2) is 0 Å². The third-order valence-corrected chi connectivity index (χ3v) is 11.0. The van der Waals surface area contributed by atoms with Gasteiger partial charge in [0.15, 0.2) is 11.0 Å². The number of hydrogen-bond acceptors (Lipinski definition) is 5. The highest BCUT2D eigenvalue weighted by Crippen LogP contribution is 2.60. The van der Waals surface area contributed by atoms with Crippen molar-refractivity contribution in [3.63, 3.8) is 0 Å². The second-order valence-electron chi connectivity index (χ2n) is 12.7. The van der Waals surface area contributed by atoms with Crippen LogP contribution in [0.25, 0.3) is 0 Å². The first-order valence-corrected chi connectivity index (χ1v) is 15.8. The van der Waals surface area contributed by atoms with Crippen molar-refractivity contribution in [3.8, 4) is 0 Å². The molecule has 1 aromatic carbocycles. The van der Waals surface area contributed by atoms with Gasteiger partial charge in [0.1, 0.15) is 0 Å². The minimum Gasteiger partial charge on any atom is -0.348 e. The molecule has 0 saturated heterocycles. The number of carbonyl (C=O) groups excluding carboxylic acids is 2. The van der Waals surface area contributed by atoms with E-state index in [2.05, 4.69) is 26.1 Å². The third-order valence-electron chi connectivity index (χ3n) is 10.1. The Labute approximate surface area is 229 Å². The maximum atomic E-state index is 13.6. The monoisotopic (exact) mass is 533 g/mol. The minimum absolute atomic E-state index is 0.120. The molecular formula is C30H39N5O2S. The summed E-state index contributed by atoms with van der Waals surface area (Å²) in [5, 5.41) is 13.3. The molecule has 1 aliphatic heterocycles. The summed E-state index contributed by atoms with van der Waals surface area (Å²) in [6, 6.07) is 8.54. The van der Waals surface area contributed by atoms with Crippen LogP contribution >= 0.6 is 11.8 Å². The van der Waals surface area contributed by atoms with Crippen LogP contribution in [0.2, 0.25) is 0 Å². The summed E-state index contributed by atoms with van der Waals surface area (Å²) in [5.74, 6) is 3.81. The topological polar surface area (TPSA) is 80.1 Å². The highest BCUT2D eigenvalue weighted by atomic mass is 32.2. The van der Waals surface area contributed by atoms with E-state index in [4.69, 9.17) is 0 Å². The Balaban J connectivity index is 1.05.